The topological polar surface area (TPSA) is 55.1 Å². The van der Waals surface area contributed by atoms with Crippen molar-refractivity contribution in [1.29, 1.82) is 0 Å². The number of halogens is 1. The Hall–Kier alpha value is -0.870. The van der Waals surface area contributed by atoms with Crippen molar-refractivity contribution in [1.82, 2.24) is 5.32 Å². The van der Waals surface area contributed by atoms with Gasteiger partial charge in [-0.05, 0) is 24.1 Å². The average molecular weight is 271 g/mol. The molecular formula is C11H15BrN2O. The largest absolute Gasteiger partial charge is 0.369 e. The summed E-state index contributed by atoms with van der Waals surface area (Å²) in [5, 5.41) is 3.11. The maximum Gasteiger partial charge on any atom is 0.231 e. The van der Waals surface area contributed by atoms with Crippen LogP contribution in [0.3, 0.4) is 0 Å². The molecule has 1 amide bonds. The molecule has 0 spiro atoms. The number of nitrogens with one attached hydrogen (secondary N) is 1. The molecule has 4 heteroatoms. The van der Waals surface area contributed by atoms with E-state index in [0.717, 1.165) is 10.9 Å². The lowest BCUT2D eigenvalue weighted by Crippen LogP contribution is -2.31. The zero-order valence-electron chi connectivity index (χ0n) is 8.66. The van der Waals surface area contributed by atoms with Gasteiger partial charge >= 0.3 is 0 Å². The maximum atomic E-state index is 10.7. The fourth-order valence-electron chi connectivity index (χ4n) is 1.42. The number of benzene rings is 1. The van der Waals surface area contributed by atoms with E-state index in [0.29, 0.717) is 0 Å². The van der Waals surface area contributed by atoms with Crippen molar-refractivity contribution in [2.75, 3.05) is 6.54 Å². The molecule has 1 atom stereocenters. The Morgan fingerprint density at radius 3 is 2.53 bits per heavy atom. The molecule has 0 aliphatic carbocycles. The highest BCUT2D eigenvalue weighted by Gasteiger charge is 2.08. The van der Waals surface area contributed by atoms with Crippen LogP contribution in [0.5, 0.6) is 0 Å². The van der Waals surface area contributed by atoms with Crippen molar-refractivity contribution < 1.29 is 4.79 Å². The van der Waals surface area contributed by atoms with Crippen LogP contribution in [0.1, 0.15) is 24.9 Å². The average Bonchev–Trinajstić information content (AvgIpc) is 2.21. The quantitative estimate of drug-likeness (QED) is 0.860. The third kappa shape index (κ3) is 4.01. The van der Waals surface area contributed by atoms with E-state index >= 15 is 0 Å². The number of primary amides is 1. The summed E-state index contributed by atoms with van der Waals surface area (Å²) in [5.41, 5.74) is 6.26. The Balaban J connectivity index is 2.65. The molecule has 0 bridgehead atoms. The van der Waals surface area contributed by atoms with Gasteiger partial charge in [0.25, 0.3) is 0 Å². The highest BCUT2D eigenvalue weighted by atomic mass is 79.9. The van der Waals surface area contributed by atoms with Crippen molar-refractivity contribution in [3.05, 3.63) is 34.3 Å². The predicted molar refractivity (Wildman–Crippen MR) is 64.4 cm³/mol. The van der Waals surface area contributed by atoms with E-state index in [-0.39, 0.29) is 18.5 Å². The Bertz CT molecular complexity index is 324. The van der Waals surface area contributed by atoms with Gasteiger partial charge in [0.1, 0.15) is 0 Å². The van der Waals surface area contributed by atoms with Crippen LogP contribution in [0, 0.1) is 0 Å². The highest BCUT2D eigenvalue weighted by molar-refractivity contribution is 9.10. The lowest BCUT2D eigenvalue weighted by molar-refractivity contribution is -0.117. The van der Waals surface area contributed by atoms with Crippen molar-refractivity contribution in [3.63, 3.8) is 0 Å². The standard InChI is InChI=1S/C11H15BrN2O/c1-2-10(14-7-11(13)15)8-3-5-9(12)6-4-8/h3-6,10,14H,2,7H2,1H3,(H2,13,15)/t10-/m1/s1. The second kappa shape index (κ2) is 5.88. The Morgan fingerprint density at radius 2 is 2.07 bits per heavy atom. The third-order valence-electron chi connectivity index (χ3n) is 2.20. The van der Waals surface area contributed by atoms with Crippen LogP contribution in [-0.4, -0.2) is 12.5 Å². The van der Waals surface area contributed by atoms with E-state index in [1.165, 1.54) is 5.56 Å². The molecule has 0 saturated heterocycles. The van der Waals surface area contributed by atoms with Crippen LogP contribution in [0.25, 0.3) is 0 Å². The lowest BCUT2D eigenvalue weighted by atomic mass is 10.0. The van der Waals surface area contributed by atoms with E-state index in [9.17, 15) is 4.79 Å². The number of hydrogen-bond donors (Lipinski definition) is 2. The summed E-state index contributed by atoms with van der Waals surface area (Å²) in [4.78, 5) is 10.7. The summed E-state index contributed by atoms with van der Waals surface area (Å²) in [6, 6.07) is 8.23. The fourth-order valence-corrected chi connectivity index (χ4v) is 1.68. The molecule has 0 heterocycles. The monoisotopic (exact) mass is 270 g/mol. The van der Waals surface area contributed by atoms with Gasteiger partial charge in [0, 0.05) is 10.5 Å². The summed E-state index contributed by atoms with van der Waals surface area (Å²) >= 11 is 3.38. The molecule has 0 aliphatic rings. The van der Waals surface area contributed by atoms with Gasteiger partial charge in [-0.25, -0.2) is 0 Å². The number of nitrogens with two attached hydrogens (primary N) is 1. The smallest absolute Gasteiger partial charge is 0.231 e. The van der Waals surface area contributed by atoms with Gasteiger partial charge in [0.05, 0.1) is 6.54 Å². The van der Waals surface area contributed by atoms with Crippen LogP contribution in [0.4, 0.5) is 0 Å². The van der Waals surface area contributed by atoms with Crippen LogP contribution < -0.4 is 11.1 Å². The van der Waals surface area contributed by atoms with E-state index in [1.807, 2.05) is 24.3 Å². The minimum Gasteiger partial charge on any atom is -0.369 e. The van der Waals surface area contributed by atoms with Crippen LogP contribution in [0.15, 0.2) is 28.7 Å². The third-order valence-corrected chi connectivity index (χ3v) is 2.73. The molecule has 1 aromatic carbocycles. The van der Waals surface area contributed by atoms with Gasteiger partial charge < -0.3 is 11.1 Å². The lowest BCUT2D eigenvalue weighted by Gasteiger charge is -2.16. The van der Waals surface area contributed by atoms with Gasteiger partial charge in [0.2, 0.25) is 5.91 Å². The molecule has 3 N–H and O–H groups in total. The molecule has 0 unspecified atom stereocenters. The van der Waals surface area contributed by atoms with Gasteiger partial charge in [-0.2, -0.15) is 0 Å². The number of rotatable bonds is 5. The molecule has 0 radical (unpaired) electrons. The van der Waals surface area contributed by atoms with Gasteiger partial charge in [-0.1, -0.05) is 35.0 Å². The van der Waals surface area contributed by atoms with Crippen molar-refractivity contribution in [2.24, 2.45) is 5.73 Å². The molecule has 3 nitrogen and oxygen atoms in total. The van der Waals surface area contributed by atoms with Gasteiger partial charge in [-0.15, -0.1) is 0 Å². The molecule has 1 aromatic rings. The van der Waals surface area contributed by atoms with Crippen molar-refractivity contribution in [3.8, 4) is 0 Å². The number of carbonyl (C=O) groups is 1. The summed E-state index contributed by atoms with van der Waals surface area (Å²) in [6.45, 7) is 2.29. The van der Waals surface area contributed by atoms with Gasteiger partial charge in [0.15, 0.2) is 0 Å². The van der Waals surface area contributed by atoms with E-state index < -0.39 is 0 Å². The summed E-state index contributed by atoms with van der Waals surface area (Å²) in [5.74, 6) is -0.328. The summed E-state index contributed by atoms with van der Waals surface area (Å²) < 4.78 is 1.05. The first-order valence-corrected chi connectivity index (χ1v) is 5.70. The Kier molecular flexibility index (Phi) is 4.78. The maximum absolute atomic E-state index is 10.7. The number of amides is 1. The molecular weight excluding hydrogens is 256 g/mol. The zero-order valence-corrected chi connectivity index (χ0v) is 10.3. The van der Waals surface area contributed by atoms with Crippen LogP contribution in [0.2, 0.25) is 0 Å². The molecule has 0 saturated carbocycles. The van der Waals surface area contributed by atoms with Crippen molar-refractivity contribution in [2.45, 2.75) is 19.4 Å². The first kappa shape index (κ1) is 12.2. The van der Waals surface area contributed by atoms with E-state index in [4.69, 9.17) is 5.73 Å². The second-order valence-corrected chi connectivity index (χ2v) is 4.28. The fraction of sp³-hybridized carbons (Fsp3) is 0.364. The molecule has 15 heavy (non-hydrogen) atoms. The molecule has 82 valence electrons. The number of carbonyl (C=O) groups excluding carboxylic acids is 1. The predicted octanol–water partition coefficient (Wildman–Crippen LogP) is 1.98. The van der Waals surface area contributed by atoms with Crippen LogP contribution in [-0.2, 0) is 4.79 Å². The van der Waals surface area contributed by atoms with E-state index in [1.54, 1.807) is 0 Å². The normalized spacial score (nSPS) is 12.4. The van der Waals surface area contributed by atoms with Crippen LogP contribution >= 0.6 is 15.9 Å². The molecule has 1 rings (SSSR count). The minimum absolute atomic E-state index is 0.186. The molecule has 0 aliphatic heterocycles. The Labute approximate surface area is 98.2 Å². The first-order valence-electron chi connectivity index (χ1n) is 4.90. The Morgan fingerprint density at radius 1 is 1.47 bits per heavy atom. The SMILES string of the molecule is CC[C@@H](NCC(N)=O)c1ccc(Br)cc1. The zero-order chi connectivity index (χ0) is 11.3. The summed E-state index contributed by atoms with van der Waals surface area (Å²) in [6.07, 6.45) is 0.926. The minimum atomic E-state index is -0.328. The van der Waals surface area contributed by atoms with Crippen molar-refractivity contribution >= 4 is 21.8 Å². The number of hydrogen-bond acceptors (Lipinski definition) is 2. The summed E-state index contributed by atoms with van der Waals surface area (Å²) in [7, 11) is 0. The van der Waals surface area contributed by atoms with E-state index in [2.05, 4.69) is 28.2 Å². The first-order chi connectivity index (χ1) is 7.13. The second-order valence-electron chi connectivity index (χ2n) is 3.36. The molecule has 0 fully saturated rings. The highest BCUT2D eigenvalue weighted by Crippen LogP contribution is 2.18. The molecule has 0 aromatic heterocycles. The van der Waals surface area contributed by atoms with Gasteiger partial charge in [-0.3, -0.25) is 4.79 Å².